The molecule has 0 saturated carbocycles. The zero-order chi connectivity index (χ0) is 35.8. The van der Waals surface area contributed by atoms with E-state index in [1.165, 1.54) is 21.9 Å². The Hall–Kier alpha value is -4.65. The van der Waals surface area contributed by atoms with Crippen molar-refractivity contribution in [2.75, 3.05) is 11.9 Å². The molecule has 1 aliphatic heterocycles. The molecule has 10 heteroatoms. The Morgan fingerprint density at radius 3 is 2.42 bits per heavy atom. The molecule has 260 valence electrons. The summed E-state index contributed by atoms with van der Waals surface area (Å²) in [4.78, 5) is 39.7. The number of amides is 1. The van der Waals surface area contributed by atoms with E-state index in [4.69, 9.17) is 4.98 Å². The molecule has 1 N–H and O–H groups in total. The summed E-state index contributed by atoms with van der Waals surface area (Å²) in [7, 11) is 0. The van der Waals surface area contributed by atoms with Gasteiger partial charge in [-0.1, -0.05) is 84.1 Å². The number of anilines is 1. The number of carbonyl (C=O) groups excluding carboxylic acids is 1. The smallest absolute Gasteiger partial charge is 0.262 e. The standard InChI is InChI=1S/C42H34FIN4O2S2/c1-2-31-15-18-37(51-31)39-45-35-9-4-3-8-33(35)41(49)47(39)21-20-26-6-5-7-28(22-26)29-12-17-36-34(23-29)42(50)48(25-27-10-13-30(43)14-11-27)40(46-36)38-19-16-32(24-44)52-38/h3-19,22-23,39,45H,2,20-21,24-25H2,1H3. The topological polar surface area (TPSA) is 67.2 Å². The first-order valence-corrected chi connectivity index (χ1v) is 20.3. The molecule has 0 radical (unpaired) electrons. The van der Waals surface area contributed by atoms with Gasteiger partial charge in [-0.3, -0.25) is 14.2 Å². The van der Waals surface area contributed by atoms with Gasteiger partial charge in [-0.05, 0) is 95.8 Å². The Bertz CT molecular complexity index is 2490. The van der Waals surface area contributed by atoms with E-state index < -0.39 is 0 Å². The van der Waals surface area contributed by atoms with Crippen LogP contribution in [0.2, 0.25) is 0 Å². The van der Waals surface area contributed by atoms with Gasteiger partial charge >= 0.3 is 0 Å². The van der Waals surface area contributed by atoms with Gasteiger partial charge in [0.1, 0.15) is 12.0 Å². The average Bonchev–Trinajstić information content (AvgIpc) is 3.87. The second kappa shape index (κ2) is 14.8. The molecular weight excluding hydrogens is 803 g/mol. The molecule has 8 rings (SSSR count). The zero-order valence-electron chi connectivity index (χ0n) is 28.3. The first kappa shape index (κ1) is 34.4. The number of halogens is 2. The number of nitrogens with zero attached hydrogens (tertiary/aromatic N) is 3. The van der Waals surface area contributed by atoms with Crippen LogP contribution in [-0.4, -0.2) is 26.9 Å². The lowest BCUT2D eigenvalue weighted by atomic mass is 9.99. The van der Waals surface area contributed by atoms with Gasteiger partial charge in [-0.2, -0.15) is 0 Å². The molecule has 52 heavy (non-hydrogen) atoms. The van der Waals surface area contributed by atoms with Crippen molar-refractivity contribution in [3.8, 4) is 21.8 Å². The van der Waals surface area contributed by atoms with Crippen molar-refractivity contribution in [3.63, 3.8) is 0 Å². The normalized spacial score (nSPS) is 14.1. The van der Waals surface area contributed by atoms with Crippen molar-refractivity contribution in [2.24, 2.45) is 0 Å². The Morgan fingerprint density at radius 1 is 0.827 bits per heavy atom. The highest BCUT2D eigenvalue weighted by Gasteiger charge is 2.33. The number of para-hydroxylation sites is 1. The van der Waals surface area contributed by atoms with Crippen LogP contribution in [0.4, 0.5) is 10.1 Å². The van der Waals surface area contributed by atoms with Gasteiger partial charge in [0.2, 0.25) is 0 Å². The molecule has 1 aliphatic rings. The minimum Gasteiger partial charge on any atom is -0.360 e. The maximum absolute atomic E-state index is 14.3. The molecule has 4 heterocycles. The van der Waals surface area contributed by atoms with E-state index in [0.717, 1.165) is 48.5 Å². The van der Waals surface area contributed by atoms with Crippen LogP contribution in [0, 0.1) is 5.82 Å². The molecule has 4 aromatic carbocycles. The summed E-state index contributed by atoms with van der Waals surface area (Å²) in [5.74, 6) is 0.310. The molecule has 1 unspecified atom stereocenters. The van der Waals surface area contributed by atoms with E-state index in [1.54, 1.807) is 39.4 Å². The number of rotatable bonds is 10. The third-order valence-corrected chi connectivity index (χ3v) is 13.1. The van der Waals surface area contributed by atoms with Gasteiger partial charge in [0, 0.05) is 31.3 Å². The monoisotopic (exact) mass is 836 g/mol. The quantitative estimate of drug-likeness (QED) is 0.110. The third kappa shape index (κ3) is 6.82. The number of fused-ring (bicyclic) bond motifs is 2. The van der Waals surface area contributed by atoms with E-state index >= 15 is 0 Å². The van der Waals surface area contributed by atoms with Gasteiger partial charge in [-0.25, -0.2) is 9.37 Å². The first-order valence-electron chi connectivity index (χ1n) is 17.2. The fraction of sp³-hybridized carbons (Fsp3) is 0.167. The van der Waals surface area contributed by atoms with Crippen LogP contribution in [0.15, 0.2) is 120 Å². The minimum atomic E-state index is -0.317. The number of alkyl halides is 1. The second-order valence-corrected chi connectivity index (χ2v) is 15.9. The summed E-state index contributed by atoms with van der Waals surface area (Å²) in [5, 5.41) is 4.15. The van der Waals surface area contributed by atoms with Crippen molar-refractivity contribution in [2.45, 2.75) is 36.9 Å². The molecule has 1 amide bonds. The summed E-state index contributed by atoms with van der Waals surface area (Å²) in [6.07, 6.45) is 1.37. The van der Waals surface area contributed by atoms with Crippen LogP contribution in [0.1, 0.15) is 49.2 Å². The number of benzene rings is 4. The predicted molar refractivity (Wildman–Crippen MR) is 219 cm³/mol. The maximum Gasteiger partial charge on any atom is 0.262 e. The summed E-state index contributed by atoms with van der Waals surface area (Å²) in [6, 6.07) is 36.5. The molecule has 0 bridgehead atoms. The summed E-state index contributed by atoms with van der Waals surface area (Å²) in [6.45, 7) is 2.96. The number of hydrogen-bond donors (Lipinski definition) is 1. The minimum absolute atomic E-state index is 0.0216. The molecule has 3 aromatic heterocycles. The predicted octanol–water partition coefficient (Wildman–Crippen LogP) is 10.3. The Labute approximate surface area is 322 Å². The molecule has 6 nitrogen and oxygen atoms in total. The lowest BCUT2D eigenvalue weighted by Crippen LogP contribution is -2.43. The van der Waals surface area contributed by atoms with Crippen LogP contribution in [-0.2, 0) is 23.8 Å². The van der Waals surface area contributed by atoms with E-state index in [9.17, 15) is 14.0 Å². The Morgan fingerprint density at radius 2 is 1.63 bits per heavy atom. The number of hydrogen-bond acceptors (Lipinski definition) is 6. The van der Waals surface area contributed by atoms with Crippen molar-refractivity contribution in [3.05, 3.63) is 163 Å². The Kier molecular flexibility index (Phi) is 9.78. The van der Waals surface area contributed by atoms with Crippen molar-refractivity contribution < 1.29 is 9.18 Å². The van der Waals surface area contributed by atoms with Gasteiger partial charge < -0.3 is 10.2 Å². The van der Waals surface area contributed by atoms with E-state index in [-0.39, 0.29) is 30.0 Å². The molecule has 0 aliphatic carbocycles. The van der Waals surface area contributed by atoms with Crippen LogP contribution in [0.25, 0.3) is 32.7 Å². The first-order chi connectivity index (χ1) is 25.4. The van der Waals surface area contributed by atoms with Crippen LogP contribution < -0.4 is 10.9 Å². The molecular formula is C42H34FIN4O2S2. The molecule has 0 spiro atoms. The average molecular weight is 837 g/mol. The largest absolute Gasteiger partial charge is 0.360 e. The van der Waals surface area contributed by atoms with Crippen LogP contribution in [0.5, 0.6) is 0 Å². The highest BCUT2D eigenvalue weighted by molar-refractivity contribution is 14.1. The molecule has 7 aromatic rings. The van der Waals surface area contributed by atoms with Gasteiger partial charge in [0.25, 0.3) is 11.5 Å². The fourth-order valence-corrected chi connectivity index (χ4v) is 9.31. The molecule has 0 saturated heterocycles. The SMILES string of the molecule is CCc1ccc(C2Nc3ccccc3C(=O)N2CCc2cccc(-c3ccc4nc(-c5ccc(CI)s5)n(Cc5ccc(F)cc5)c(=O)c4c3)c2)s1. The Balaban J connectivity index is 1.11. The highest BCUT2D eigenvalue weighted by Crippen LogP contribution is 2.37. The summed E-state index contributed by atoms with van der Waals surface area (Å²) >= 11 is 5.71. The fourth-order valence-electron chi connectivity index (χ4n) is 6.71. The highest BCUT2D eigenvalue weighted by atomic mass is 127. The number of aryl methyl sites for hydroxylation is 1. The van der Waals surface area contributed by atoms with Gasteiger partial charge in [0.15, 0.2) is 5.82 Å². The van der Waals surface area contributed by atoms with Crippen molar-refractivity contribution in [1.29, 1.82) is 0 Å². The number of carbonyl (C=O) groups is 1. The maximum atomic E-state index is 14.3. The number of aromatic nitrogens is 2. The lowest BCUT2D eigenvalue weighted by Gasteiger charge is -2.37. The summed E-state index contributed by atoms with van der Waals surface area (Å²) < 4.78 is 16.3. The number of thiophene rings is 2. The number of nitrogens with one attached hydrogen (secondary N) is 1. The van der Waals surface area contributed by atoms with Gasteiger partial charge in [-0.15, -0.1) is 22.7 Å². The van der Waals surface area contributed by atoms with Crippen molar-refractivity contribution >= 4 is 67.8 Å². The molecule has 0 fully saturated rings. The van der Waals surface area contributed by atoms with Crippen LogP contribution >= 0.6 is 45.3 Å². The van der Waals surface area contributed by atoms with Crippen molar-refractivity contribution in [1.82, 2.24) is 14.5 Å². The van der Waals surface area contributed by atoms with E-state index in [1.807, 2.05) is 65.6 Å². The summed E-state index contributed by atoms with van der Waals surface area (Å²) in [5.41, 5.74) is 5.82. The van der Waals surface area contributed by atoms with E-state index in [2.05, 4.69) is 65.2 Å². The zero-order valence-corrected chi connectivity index (χ0v) is 32.1. The van der Waals surface area contributed by atoms with Gasteiger partial charge in [0.05, 0.1) is 27.9 Å². The lowest BCUT2D eigenvalue weighted by molar-refractivity contribution is 0.0688. The second-order valence-electron chi connectivity index (χ2n) is 12.8. The van der Waals surface area contributed by atoms with Crippen LogP contribution in [0.3, 0.4) is 0 Å². The molecule has 1 atom stereocenters. The van der Waals surface area contributed by atoms with E-state index in [0.29, 0.717) is 35.3 Å². The third-order valence-electron chi connectivity index (χ3n) is 9.45.